The Morgan fingerprint density at radius 3 is 2.65 bits per heavy atom. The number of halogens is 1. The zero-order valence-corrected chi connectivity index (χ0v) is 12.1. The number of methoxy groups -OCH3 is 1. The molecule has 4 nitrogen and oxygen atoms in total. The molecular formula is C15H22FNO3. The predicted molar refractivity (Wildman–Crippen MR) is 75.5 cm³/mol. The number of carbonyl (C=O) groups is 1. The Hall–Kier alpha value is -1.62. The molecule has 0 saturated heterocycles. The molecule has 0 radical (unpaired) electrons. The zero-order chi connectivity index (χ0) is 15.1. The van der Waals surface area contributed by atoms with Gasteiger partial charge < -0.3 is 15.2 Å². The van der Waals surface area contributed by atoms with E-state index in [9.17, 15) is 9.18 Å². The summed E-state index contributed by atoms with van der Waals surface area (Å²) in [5.41, 5.74) is 0.755. The predicted octanol–water partition coefficient (Wildman–Crippen LogP) is 2.47. The molecule has 0 spiro atoms. The summed E-state index contributed by atoms with van der Waals surface area (Å²) in [6.07, 6.45) is 0.486. The van der Waals surface area contributed by atoms with Crippen molar-refractivity contribution in [2.75, 3.05) is 13.7 Å². The summed E-state index contributed by atoms with van der Waals surface area (Å²) in [6.45, 7) is 4.84. The molecule has 0 aliphatic heterocycles. The maximum absolute atomic E-state index is 13.6. The van der Waals surface area contributed by atoms with Gasteiger partial charge in [-0.25, -0.2) is 4.39 Å². The minimum absolute atomic E-state index is 0.0143. The Kier molecular flexibility index (Phi) is 6.45. The lowest BCUT2D eigenvalue weighted by Gasteiger charge is -2.18. The van der Waals surface area contributed by atoms with Crippen LogP contribution >= 0.6 is 0 Å². The number of nitrogens with one attached hydrogen (secondary N) is 1. The summed E-state index contributed by atoms with van der Waals surface area (Å²) >= 11 is 0. The van der Waals surface area contributed by atoms with Gasteiger partial charge in [-0.3, -0.25) is 4.79 Å². The van der Waals surface area contributed by atoms with E-state index < -0.39 is 11.8 Å². The summed E-state index contributed by atoms with van der Waals surface area (Å²) in [5, 5.41) is 12.1. The quantitative estimate of drug-likeness (QED) is 0.769. The first kappa shape index (κ1) is 16.4. The molecule has 0 amide bonds. The summed E-state index contributed by atoms with van der Waals surface area (Å²) < 4.78 is 18.5. The van der Waals surface area contributed by atoms with Crippen LogP contribution in [0.2, 0.25) is 0 Å². The van der Waals surface area contributed by atoms with Gasteiger partial charge in [0.15, 0.2) is 11.6 Å². The molecule has 1 aromatic rings. The van der Waals surface area contributed by atoms with Crippen LogP contribution in [0.5, 0.6) is 5.75 Å². The summed E-state index contributed by atoms with van der Waals surface area (Å²) in [4.78, 5) is 10.9. The number of ether oxygens (including phenoxy) is 1. The highest BCUT2D eigenvalue weighted by Crippen LogP contribution is 2.19. The molecule has 5 heteroatoms. The van der Waals surface area contributed by atoms with Crippen molar-refractivity contribution in [2.24, 2.45) is 5.92 Å². The minimum atomic E-state index is -0.861. The second-order valence-corrected chi connectivity index (χ2v) is 5.27. The molecule has 1 unspecified atom stereocenters. The summed E-state index contributed by atoms with van der Waals surface area (Å²) in [6, 6.07) is 4.51. The fourth-order valence-corrected chi connectivity index (χ4v) is 1.95. The lowest BCUT2D eigenvalue weighted by Crippen LogP contribution is -2.35. The molecule has 20 heavy (non-hydrogen) atoms. The van der Waals surface area contributed by atoms with Crippen molar-refractivity contribution in [3.05, 3.63) is 29.6 Å². The van der Waals surface area contributed by atoms with Crippen LogP contribution < -0.4 is 10.1 Å². The van der Waals surface area contributed by atoms with Gasteiger partial charge in [-0.05, 0) is 36.6 Å². The van der Waals surface area contributed by atoms with Gasteiger partial charge in [0.05, 0.1) is 13.5 Å². The minimum Gasteiger partial charge on any atom is -0.494 e. The van der Waals surface area contributed by atoms with E-state index in [1.165, 1.54) is 13.2 Å². The molecule has 1 rings (SSSR count). The number of carboxylic acid groups (broad SMARTS) is 1. The van der Waals surface area contributed by atoms with E-state index in [1.807, 2.05) is 0 Å². The third-order valence-electron chi connectivity index (χ3n) is 2.93. The van der Waals surface area contributed by atoms with Gasteiger partial charge in [0.1, 0.15) is 0 Å². The standard InChI is InChI=1S/C15H22FNO3/c1-10(2)9-17-12(8-15(18)19)6-11-4-5-14(20-3)13(16)7-11/h4-5,7,10,12,17H,6,8-9H2,1-3H3,(H,18,19). The summed E-state index contributed by atoms with van der Waals surface area (Å²) in [7, 11) is 1.41. The second-order valence-electron chi connectivity index (χ2n) is 5.27. The smallest absolute Gasteiger partial charge is 0.304 e. The Labute approximate surface area is 119 Å². The van der Waals surface area contributed by atoms with E-state index in [2.05, 4.69) is 19.2 Å². The Bertz CT molecular complexity index is 449. The first-order valence-electron chi connectivity index (χ1n) is 6.70. The van der Waals surface area contributed by atoms with Crippen molar-refractivity contribution in [1.29, 1.82) is 0 Å². The molecule has 0 heterocycles. The molecular weight excluding hydrogens is 261 g/mol. The van der Waals surface area contributed by atoms with Gasteiger partial charge in [0.2, 0.25) is 0 Å². The van der Waals surface area contributed by atoms with Crippen molar-refractivity contribution in [3.8, 4) is 5.75 Å². The molecule has 1 aromatic carbocycles. The lowest BCUT2D eigenvalue weighted by molar-refractivity contribution is -0.137. The molecule has 0 aliphatic rings. The Morgan fingerprint density at radius 1 is 1.45 bits per heavy atom. The van der Waals surface area contributed by atoms with Crippen LogP contribution in [0.3, 0.4) is 0 Å². The normalized spacial score (nSPS) is 12.4. The third kappa shape index (κ3) is 5.57. The number of benzene rings is 1. The van der Waals surface area contributed by atoms with E-state index >= 15 is 0 Å². The van der Waals surface area contributed by atoms with Crippen LogP contribution in [-0.4, -0.2) is 30.8 Å². The van der Waals surface area contributed by atoms with Gasteiger partial charge in [-0.1, -0.05) is 19.9 Å². The first-order valence-corrected chi connectivity index (χ1v) is 6.70. The van der Waals surface area contributed by atoms with Crippen LogP contribution in [0, 0.1) is 11.7 Å². The van der Waals surface area contributed by atoms with Crippen LogP contribution in [0.15, 0.2) is 18.2 Å². The highest BCUT2D eigenvalue weighted by Gasteiger charge is 2.15. The van der Waals surface area contributed by atoms with Crippen molar-refractivity contribution < 1.29 is 19.0 Å². The molecule has 2 N–H and O–H groups in total. The van der Waals surface area contributed by atoms with Crippen LogP contribution in [-0.2, 0) is 11.2 Å². The Morgan fingerprint density at radius 2 is 2.15 bits per heavy atom. The number of hydrogen-bond acceptors (Lipinski definition) is 3. The van der Waals surface area contributed by atoms with Gasteiger partial charge in [-0.2, -0.15) is 0 Å². The van der Waals surface area contributed by atoms with Crippen molar-refractivity contribution in [3.63, 3.8) is 0 Å². The number of carboxylic acids is 1. The Balaban J connectivity index is 2.72. The SMILES string of the molecule is COc1ccc(CC(CC(=O)O)NCC(C)C)cc1F. The van der Waals surface area contributed by atoms with E-state index in [1.54, 1.807) is 12.1 Å². The maximum atomic E-state index is 13.6. The third-order valence-corrected chi connectivity index (χ3v) is 2.93. The molecule has 0 saturated carbocycles. The molecule has 0 aliphatic carbocycles. The molecule has 112 valence electrons. The van der Waals surface area contributed by atoms with Gasteiger partial charge in [0.25, 0.3) is 0 Å². The van der Waals surface area contributed by atoms with E-state index in [4.69, 9.17) is 9.84 Å². The van der Waals surface area contributed by atoms with Crippen LogP contribution in [0.25, 0.3) is 0 Å². The molecule has 0 bridgehead atoms. The molecule has 1 atom stereocenters. The second kappa shape index (κ2) is 7.85. The van der Waals surface area contributed by atoms with Gasteiger partial charge >= 0.3 is 5.97 Å². The molecule has 0 fully saturated rings. The summed E-state index contributed by atoms with van der Waals surface area (Å²) in [5.74, 6) is -0.666. The van der Waals surface area contributed by atoms with Gasteiger partial charge in [-0.15, -0.1) is 0 Å². The van der Waals surface area contributed by atoms with Crippen molar-refractivity contribution in [2.45, 2.75) is 32.7 Å². The van der Waals surface area contributed by atoms with E-state index in [0.29, 0.717) is 12.3 Å². The number of hydrogen-bond donors (Lipinski definition) is 2. The van der Waals surface area contributed by atoms with Crippen molar-refractivity contribution in [1.82, 2.24) is 5.32 Å². The fourth-order valence-electron chi connectivity index (χ4n) is 1.95. The number of aliphatic carboxylic acids is 1. The highest BCUT2D eigenvalue weighted by molar-refractivity contribution is 5.67. The largest absolute Gasteiger partial charge is 0.494 e. The van der Waals surface area contributed by atoms with Crippen LogP contribution in [0.1, 0.15) is 25.8 Å². The highest BCUT2D eigenvalue weighted by atomic mass is 19.1. The van der Waals surface area contributed by atoms with E-state index in [-0.39, 0.29) is 18.2 Å². The van der Waals surface area contributed by atoms with Crippen molar-refractivity contribution >= 4 is 5.97 Å². The maximum Gasteiger partial charge on any atom is 0.304 e. The number of rotatable bonds is 8. The van der Waals surface area contributed by atoms with Gasteiger partial charge in [0, 0.05) is 6.04 Å². The zero-order valence-electron chi connectivity index (χ0n) is 12.1. The monoisotopic (exact) mass is 283 g/mol. The average Bonchev–Trinajstić information content (AvgIpc) is 2.35. The average molecular weight is 283 g/mol. The topological polar surface area (TPSA) is 58.6 Å². The molecule has 0 aromatic heterocycles. The van der Waals surface area contributed by atoms with E-state index in [0.717, 1.165) is 12.1 Å². The lowest BCUT2D eigenvalue weighted by atomic mass is 10.0. The first-order chi connectivity index (χ1) is 9.42. The fraction of sp³-hybridized carbons (Fsp3) is 0.533. The van der Waals surface area contributed by atoms with Crippen LogP contribution in [0.4, 0.5) is 4.39 Å².